The van der Waals surface area contributed by atoms with Crippen LogP contribution in [0.25, 0.3) is 5.69 Å². The number of amides is 1. The van der Waals surface area contributed by atoms with Crippen molar-refractivity contribution in [3.8, 4) is 5.69 Å². The SMILES string of the molecule is Cc1ccc(-n2nccn2)c(C(=O)N2CCNCCC2C(F)(F)F)c1.Cl. The molecule has 26 heavy (non-hydrogen) atoms. The van der Waals surface area contributed by atoms with Crippen LogP contribution < -0.4 is 5.32 Å². The first-order chi connectivity index (χ1) is 11.9. The summed E-state index contributed by atoms with van der Waals surface area (Å²) in [4.78, 5) is 15.2. The average Bonchev–Trinajstić information content (AvgIpc) is 2.96. The fourth-order valence-electron chi connectivity index (χ4n) is 2.95. The maximum Gasteiger partial charge on any atom is 0.408 e. The Hall–Kier alpha value is -2.13. The van der Waals surface area contributed by atoms with Gasteiger partial charge in [0.25, 0.3) is 5.91 Å². The Morgan fingerprint density at radius 1 is 1.23 bits per heavy atom. The van der Waals surface area contributed by atoms with Crippen molar-refractivity contribution in [1.82, 2.24) is 25.2 Å². The van der Waals surface area contributed by atoms with Gasteiger partial charge in [-0.3, -0.25) is 4.79 Å². The van der Waals surface area contributed by atoms with Gasteiger partial charge in [-0.05, 0) is 32.0 Å². The maximum absolute atomic E-state index is 13.4. The molecule has 1 atom stereocenters. The van der Waals surface area contributed by atoms with Gasteiger partial charge in [-0.1, -0.05) is 11.6 Å². The molecule has 1 aliphatic rings. The minimum atomic E-state index is -4.48. The molecule has 142 valence electrons. The van der Waals surface area contributed by atoms with E-state index in [4.69, 9.17) is 0 Å². The Morgan fingerprint density at radius 3 is 2.58 bits per heavy atom. The molecule has 0 aliphatic carbocycles. The van der Waals surface area contributed by atoms with Crippen molar-refractivity contribution >= 4 is 18.3 Å². The quantitative estimate of drug-likeness (QED) is 0.856. The summed E-state index contributed by atoms with van der Waals surface area (Å²) in [5.41, 5.74) is 1.29. The second kappa shape index (κ2) is 8.05. The van der Waals surface area contributed by atoms with Crippen molar-refractivity contribution in [1.29, 1.82) is 0 Å². The van der Waals surface area contributed by atoms with Crippen LogP contribution in [0, 0.1) is 6.92 Å². The van der Waals surface area contributed by atoms with Crippen LogP contribution in [0.2, 0.25) is 0 Å². The fraction of sp³-hybridized carbons (Fsp3) is 0.438. The zero-order valence-corrected chi connectivity index (χ0v) is 14.8. The lowest BCUT2D eigenvalue weighted by Gasteiger charge is -2.31. The van der Waals surface area contributed by atoms with E-state index in [0.717, 1.165) is 10.5 Å². The van der Waals surface area contributed by atoms with E-state index in [0.29, 0.717) is 12.2 Å². The Bertz CT molecular complexity index is 751. The van der Waals surface area contributed by atoms with Gasteiger partial charge in [-0.15, -0.1) is 12.4 Å². The Balaban J connectivity index is 0.00000243. The molecular weight excluding hydrogens is 371 g/mol. The van der Waals surface area contributed by atoms with E-state index >= 15 is 0 Å². The first-order valence-corrected chi connectivity index (χ1v) is 7.93. The number of rotatable bonds is 2. The van der Waals surface area contributed by atoms with Crippen LogP contribution in [0.3, 0.4) is 0 Å². The molecule has 0 radical (unpaired) electrons. The second-order valence-corrected chi connectivity index (χ2v) is 5.93. The molecule has 2 aromatic rings. The monoisotopic (exact) mass is 389 g/mol. The number of nitrogens with one attached hydrogen (secondary N) is 1. The number of hydrogen-bond acceptors (Lipinski definition) is 4. The highest BCUT2D eigenvalue weighted by Gasteiger charge is 2.46. The van der Waals surface area contributed by atoms with Gasteiger partial charge in [0.05, 0.1) is 23.6 Å². The summed E-state index contributed by atoms with van der Waals surface area (Å²) >= 11 is 0. The number of aromatic nitrogens is 3. The summed E-state index contributed by atoms with van der Waals surface area (Å²) in [5.74, 6) is -0.665. The first kappa shape index (κ1) is 20.2. The smallest absolute Gasteiger partial charge is 0.325 e. The van der Waals surface area contributed by atoms with Crippen LogP contribution in [0.5, 0.6) is 0 Å². The van der Waals surface area contributed by atoms with Crippen molar-refractivity contribution in [2.75, 3.05) is 19.6 Å². The summed E-state index contributed by atoms with van der Waals surface area (Å²) < 4.78 is 40.3. The number of alkyl halides is 3. The Morgan fingerprint density at radius 2 is 1.92 bits per heavy atom. The molecule has 10 heteroatoms. The third-order valence-electron chi connectivity index (χ3n) is 4.16. The predicted molar refractivity (Wildman–Crippen MR) is 91.7 cm³/mol. The first-order valence-electron chi connectivity index (χ1n) is 7.93. The van der Waals surface area contributed by atoms with E-state index in [9.17, 15) is 18.0 Å². The number of nitrogens with zero attached hydrogens (tertiary/aromatic N) is 4. The molecule has 1 amide bonds. The molecule has 1 aromatic carbocycles. The van der Waals surface area contributed by atoms with Crippen molar-refractivity contribution in [3.05, 3.63) is 41.7 Å². The van der Waals surface area contributed by atoms with E-state index < -0.39 is 18.1 Å². The van der Waals surface area contributed by atoms with Crippen LogP contribution in [0.15, 0.2) is 30.6 Å². The van der Waals surface area contributed by atoms with Crippen LogP contribution in [0.4, 0.5) is 13.2 Å². The largest absolute Gasteiger partial charge is 0.408 e. The molecule has 1 aliphatic heterocycles. The molecule has 2 heterocycles. The van der Waals surface area contributed by atoms with Gasteiger partial charge < -0.3 is 10.2 Å². The molecule has 1 unspecified atom stereocenters. The van der Waals surface area contributed by atoms with Crippen LogP contribution in [-0.2, 0) is 0 Å². The van der Waals surface area contributed by atoms with Crippen molar-refractivity contribution < 1.29 is 18.0 Å². The van der Waals surface area contributed by atoms with Gasteiger partial charge in [0.1, 0.15) is 6.04 Å². The number of benzene rings is 1. The lowest BCUT2D eigenvalue weighted by molar-refractivity contribution is -0.176. The molecule has 1 saturated heterocycles. The molecule has 0 bridgehead atoms. The molecule has 1 N–H and O–H groups in total. The molecule has 6 nitrogen and oxygen atoms in total. The average molecular weight is 390 g/mol. The summed E-state index contributed by atoms with van der Waals surface area (Å²) in [6.07, 6.45) is -1.75. The van der Waals surface area contributed by atoms with Crippen molar-refractivity contribution in [2.24, 2.45) is 0 Å². The zero-order valence-electron chi connectivity index (χ0n) is 14.0. The highest BCUT2D eigenvalue weighted by molar-refractivity contribution is 5.98. The predicted octanol–water partition coefficient (Wildman–Crippen LogP) is 2.36. The van der Waals surface area contributed by atoms with E-state index in [-0.39, 0.29) is 37.5 Å². The lowest BCUT2D eigenvalue weighted by atomic mass is 10.1. The van der Waals surface area contributed by atoms with Crippen molar-refractivity contribution in [2.45, 2.75) is 25.6 Å². The van der Waals surface area contributed by atoms with E-state index in [1.54, 1.807) is 25.1 Å². The molecule has 1 aromatic heterocycles. The standard InChI is InChI=1S/C16H18F3N5O.ClH/c1-11-2-3-13(24-21-6-7-22-24)12(10-11)15(25)23-9-8-20-5-4-14(23)16(17,18)19;/h2-3,6-7,10,14,20H,4-5,8-9H2,1H3;1H. The van der Waals surface area contributed by atoms with Gasteiger partial charge in [0, 0.05) is 13.1 Å². The normalized spacial score (nSPS) is 18.2. The molecule has 3 rings (SSSR count). The highest BCUT2D eigenvalue weighted by atomic mass is 35.5. The topological polar surface area (TPSA) is 63.1 Å². The highest BCUT2D eigenvalue weighted by Crippen LogP contribution is 2.30. The molecule has 0 spiro atoms. The number of carbonyl (C=O) groups is 1. The van der Waals surface area contributed by atoms with Gasteiger partial charge in [0.2, 0.25) is 0 Å². The van der Waals surface area contributed by atoms with Gasteiger partial charge in [-0.25, -0.2) is 0 Å². The number of hydrogen-bond donors (Lipinski definition) is 1. The summed E-state index contributed by atoms with van der Waals surface area (Å²) in [6.45, 7) is 2.31. The van der Waals surface area contributed by atoms with Crippen molar-refractivity contribution in [3.63, 3.8) is 0 Å². The summed E-state index contributed by atoms with van der Waals surface area (Å²) in [6, 6.07) is 3.17. The third kappa shape index (κ3) is 4.16. The maximum atomic E-state index is 13.4. The van der Waals surface area contributed by atoms with Crippen LogP contribution >= 0.6 is 12.4 Å². The minimum Gasteiger partial charge on any atom is -0.325 e. The zero-order chi connectivity index (χ0) is 18.0. The van der Waals surface area contributed by atoms with Gasteiger partial charge in [-0.2, -0.15) is 28.2 Å². The Labute approximate surface area is 154 Å². The van der Waals surface area contributed by atoms with E-state index in [2.05, 4.69) is 15.5 Å². The van der Waals surface area contributed by atoms with E-state index in [1.165, 1.54) is 17.2 Å². The van der Waals surface area contributed by atoms with Gasteiger partial charge in [0.15, 0.2) is 0 Å². The number of halogens is 4. The minimum absolute atomic E-state index is 0. The molecule has 1 fully saturated rings. The van der Waals surface area contributed by atoms with E-state index in [1.807, 2.05) is 0 Å². The van der Waals surface area contributed by atoms with Crippen LogP contribution in [-0.4, -0.2) is 57.7 Å². The lowest BCUT2D eigenvalue weighted by Crippen LogP contribution is -2.49. The number of carbonyl (C=O) groups excluding carboxylic acids is 1. The van der Waals surface area contributed by atoms with Crippen LogP contribution in [0.1, 0.15) is 22.3 Å². The fourth-order valence-corrected chi connectivity index (χ4v) is 2.95. The Kier molecular flexibility index (Phi) is 6.25. The third-order valence-corrected chi connectivity index (χ3v) is 4.16. The molecule has 0 saturated carbocycles. The summed E-state index contributed by atoms with van der Waals surface area (Å²) in [5, 5.41) is 10.9. The number of aryl methyl sites for hydroxylation is 1. The summed E-state index contributed by atoms with van der Waals surface area (Å²) in [7, 11) is 0. The second-order valence-electron chi connectivity index (χ2n) is 5.93. The molecular formula is C16H19ClF3N5O. The van der Waals surface area contributed by atoms with Gasteiger partial charge >= 0.3 is 6.18 Å².